The minimum absolute atomic E-state index is 0.122. The lowest BCUT2D eigenvalue weighted by Crippen LogP contribution is -2.25. The third-order valence-electron chi connectivity index (χ3n) is 2.10. The summed E-state index contributed by atoms with van der Waals surface area (Å²) in [7, 11) is -5.28. The van der Waals surface area contributed by atoms with Gasteiger partial charge < -0.3 is 11.1 Å². The van der Waals surface area contributed by atoms with Gasteiger partial charge in [0.2, 0.25) is 0 Å². The van der Waals surface area contributed by atoms with Crippen molar-refractivity contribution >= 4 is 15.5 Å². The van der Waals surface area contributed by atoms with Crippen LogP contribution in [-0.4, -0.2) is 26.5 Å². The summed E-state index contributed by atoms with van der Waals surface area (Å²) in [6.45, 7) is 2.20. The molecule has 0 aliphatic carbocycles. The maximum absolute atomic E-state index is 12.3. The van der Waals surface area contributed by atoms with Crippen LogP contribution >= 0.6 is 0 Å². The number of anilines is 1. The smallest absolute Gasteiger partial charge is 0.383 e. The van der Waals surface area contributed by atoms with Gasteiger partial charge >= 0.3 is 5.51 Å². The van der Waals surface area contributed by atoms with Crippen LogP contribution in [-0.2, 0) is 9.84 Å². The van der Waals surface area contributed by atoms with Gasteiger partial charge in [0.15, 0.2) is 0 Å². The zero-order valence-corrected chi connectivity index (χ0v) is 10.3. The first kappa shape index (κ1) is 14.8. The molecular weight excluding hydrogens is 269 g/mol. The number of nitrogens with one attached hydrogen (secondary N) is 1. The van der Waals surface area contributed by atoms with E-state index < -0.39 is 20.2 Å². The molecule has 0 saturated carbocycles. The lowest BCUT2D eigenvalue weighted by atomic mass is 10.3. The van der Waals surface area contributed by atoms with Crippen LogP contribution in [0.2, 0.25) is 0 Å². The van der Waals surface area contributed by atoms with Crippen LogP contribution in [0.5, 0.6) is 0 Å². The predicted octanol–water partition coefficient (Wildman–Crippen LogP) is 1.74. The molecule has 0 radical (unpaired) electrons. The predicted molar refractivity (Wildman–Crippen MR) is 61.8 cm³/mol. The summed E-state index contributed by atoms with van der Waals surface area (Å²) < 4.78 is 58.9. The van der Waals surface area contributed by atoms with Gasteiger partial charge in [0.1, 0.15) is 0 Å². The summed E-state index contributed by atoms with van der Waals surface area (Å²) in [6, 6.07) is 4.23. The van der Waals surface area contributed by atoms with Gasteiger partial charge in [0.05, 0.1) is 4.90 Å². The second-order valence-corrected chi connectivity index (χ2v) is 5.77. The van der Waals surface area contributed by atoms with Crippen LogP contribution in [0.4, 0.5) is 18.9 Å². The number of sulfone groups is 1. The fraction of sp³-hybridized carbons (Fsp3) is 0.400. The van der Waals surface area contributed by atoms with E-state index in [-0.39, 0.29) is 6.04 Å². The number of hydrogen-bond acceptors (Lipinski definition) is 4. The van der Waals surface area contributed by atoms with E-state index in [4.69, 9.17) is 5.73 Å². The summed E-state index contributed by atoms with van der Waals surface area (Å²) in [5.74, 6) is 0. The summed E-state index contributed by atoms with van der Waals surface area (Å²) in [5.41, 5.74) is 0.713. The molecule has 0 heterocycles. The molecule has 0 amide bonds. The first-order valence-electron chi connectivity index (χ1n) is 5.05. The molecule has 0 aromatic heterocycles. The molecule has 4 nitrogen and oxygen atoms in total. The first-order chi connectivity index (χ1) is 8.14. The topological polar surface area (TPSA) is 72.2 Å². The average molecular weight is 282 g/mol. The van der Waals surface area contributed by atoms with Crippen molar-refractivity contribution in [2.75, 3.05) is 11.9 Å². The fourth-order valence-corrected chi connectivity index (χ4v) is 1.93. The van der Waals surface area contributed by atoms with Crippen LogP contribution in [0.3, 0.4) is 0 Å². The Hall–Kier alpha value is -1.28. The Labute approximate surface area is 103 Å². The molecule has 0 aliphatic rings. The highest BCUT2D eigenvalue weighted by atomic mass is 32.2. The van der Waals surface area contributed by atoms with E-state index in [1.54, 1.807) is 6.92 Å². The number of halogens is 3. The molecule has 0 saturated heterocycles. The van der Waals surface area contributed by atoms with E-state index in [0.717, 1.165) is 12.1 Å². The minimum atomic E-state index is -5.28. The monoisotopic (exact) mass is 282 g/mol. The maximum atomic E-state index is 12.3. The molecule has 0 bridgehead atoms. The highest BCUT2D eigenvalue weighted by molar-refractivity contribution is 7.92. The number of nitrogens with two attached hydrogens (primary N) is 1. The molecule has 1 unspecified atom stereocenters. The Morgan fingerprint density at radius 1 is 1.28 bits per heavy atom. The molecular formula is C10H13F3N2O2S. The molecule has 0 fully saturated rings. The van der Waals surface area contributed by atoms with Crippen molar-refractivity contribution in [2.45, 2.75) is 23.4 Å². The van der Waals surface area contributed by atoms with Gasteiger partial charge in [-0.2, -0.15) is 13.2 Å². The molecule has 1 rings (SSSR count). The van der Waals surface area contributed by atoms with Crippen molar-refractivity contribution in [1.29, 1.82) is 0 Å². The lowest BCUT2D eigenvalue weighted by molar-refractivity contribution is -0.0436. The van der Waals surface area contributed by atoms with E-state index in [2.05, 4.69) is 5.32 Å². The second kappa shape index (κ2) is 5.15. The lowest BCUT2D eigenvalue weighted by Gasteiger charge is -2.11. The molecule has 1 atom stereocenters. The summed E-state index contributed by atoms with van der Waals surface area (Å²) in [5, 5.41) is 2.86. The van der Waals surface area contributed by atoms with Crippen molar-refractivity contribution in [1.82, 2.24) is 0 Å². The third kappa shape index (κ3) is 3.36. The van der Waals surface area contributed by atoms with E-state index in [1.165, 1.54) is 12.1 Å². The Balaban J connectivity index is 2.90. The molecule has 0 spiro atoms. The van der Waals surface area contributed by atoms with Crippen molar-refractivity contribution in [3.8, 4) is 0 Å². The highest BCUT2D eigenvalue weighted by Gasteiger charge is 2.46. The second-order valence-electron chi connectivity index (χ2n) is 3.83. The van der Waals surface area contributed by atoms with Crippen LogP contribution in [0.25, 0.3) is 0 Å². The highest BCUT2D eigenvalue weighted by Crippen LogP contribution is 2.30. The van der Waals surface area contributed by atoms with Gasteiger partial charge in [-0.1, -0.05) is 0 Å². The van der Waals surface area contributed by atoms with Crippen LogP contribution in [0, 0.1) is 0 Å². The number of hydrogen-bond donors (Lipinski definition) is 2. The maximum Gasteiger partial charge on any atom is 0.501 e. The zero-order valence-electron chi connectivity index (χ0n) is 9.53. The fourth-order valence-electron chi connectivity index (χ4n) is 1.16. The van der Waals surface area contributed by atoms with E-state index in [0.29, 0.717) is 12.2 Å². The van der Waals surface area contributed by atoms with Crippen molar-refractivity contribution in [3.05, 3.63) is 24.3 Å². The SMILES string of the molecule is CC(N)CNc1ccc(S(=O)(=O)C(F)(F)F)cc1. The molecule has 3 N–H and O–H groups in total. The van der Waals surface area contributed by atoms with E-state index >= 15 is 0 Å². The Morgan fingerprint density at radius 3 is 2.17 bits per heavy atom. The first-order valence-corrected chi connectivity index (χ1v) is 6.54. The van der Waals surface area contributed by atoms with Gasteiger partial charge in [-0.15, -0.1) is 0 Å². The summed E-state index contributed by atoms with van der Waals surface area (Å²) in [4.78, 5) is -0.777. The van der Waals surface area contributed by atoms with Crippen molar-refractivity contribution in [3.63, 3.8) is 0 Å². The summed E-state index contributed by atoms with van der Waals surface area (Å²) in [6.07, 6.45) is 0. The zero-order chi connectivity index (χ0) is 14.0. The third-order valence-corrected chi connectivity index (χ3v) is 3.60. The largest absolute Gasteiger partial charge is 0.501 e. The van der Waals surface area contributed by atoms with Gasteiger partial charge in [-0.05, 0) is 31.2 Å². The van der Waals surface area contributed by atoms with Crippen LogP contribution < -0.4 is 11.1 Å². The number of alkyl halides is 3. The Kier molecular flexibility index (Phi) is 4.23. The molecule has 18 heavy (non-hydrogen) atoms. The van der Waals surface area contributed by atoms with E-state index in [1.807, 2.05) is 0 Å². The normalized spacial score (nSPS) is 14.3. The van der Waals surface area contributed by atoms with Crippen molar-refractivity contribution in [2.24, 2.45) is 5.73 Å². The molecule has 8 heteroatoms. The molecule has 1 aromatic rings. The minimum Gasteiger partial charge on any atom is -0.383 e. The van der Waals surface area contributed by atoms with E-state index in [9.17, 15) is 21.6 Å². The van der Waals surface area contributed by atoms with Gasteiger partial charge in [-0.25, -0.2) is 8.42 Å². The van der Waals surface area contributed by atoms with Crippen molar-refractivity contribution < 1.29 is 21.6 Å². The summed E-state index contributed by atoms with van der Waals surface area (Å²) >= 11 is 0. The average Bonchev–Trinajstić information content (AvgIpc) is 2.25. The standard InChI is InChI=1S/C10H13F3N2O2S/c1-7(14)6-15-8-2-4-9(5-3-8)18(16,17)10(11,12)13/h2-5,7,15H,6,14H2,1H3. The van der Waals surface area contributed by atoms with Crippen LogP contribution in [0.1, 0.15) is 6.92 Å². The van der Waals surface area contributed by atoms with Gasteiger partial charge in [0.25, 0.3) is 9.84 Å². The van der Waals surface area contributed by atoms with Crippen LogP contribution in [0.15, 0.2) is 29.2 Å². The molecule has 102 valence electrons. The molecule has 1 aromatic carbocycles. The quantitative estimate of drug-likeness (QED) is 0.882. The Morgan fingerprint density at radius 2 is 1.78 bits per heavy atom. The van der Waals surface area contributed by atoms with Gasteiger partial charge in [0, 0.05) is 18.3 Å². The van der Waals surface area contributed by atoms with Gasteiger partial charge in [-0.3, -0.25) is 0 Å². The molecule has 0 aliphatic heterocycles. The number of rotatable bonds is 4. The Bertz CT molecular complexity index is 495. The number of benzene rings is 1.